The standard InChI is InChI=1S/C14H11BrClNO2/c15-10-7-12(16)13(17-8-10)11(14(18)19)6-9-4-2-1-3-5-9/h1-5,7-8,11H,6H2,(H,18,19). The fourth-order valence-corrected chi connectivity index (χ4v) is 2.59. The van der Waals surface area contributed by atoms with Crippen LogP contribution in [0.25, 0.3) is 0 Å². The second-order valence-corrected chi connectivity index (χ2v) is 5.42. The maximum absolute atomic E-state index is 11.4. The fraction of sp³-hybridized carbons (Fsp3) is 0.143. The molecule has 1 aromatic carbocycles. The minimum atomic E-state index is -0.930. The summed E-state index contributed by atoms with van der Waals surface area (Å²) in [4.78, 5) is 15.6. The Morgan fingerprint density at radius 1 is 1.37 bits per heavy atom. The van der Waals surface area contributed by atoms with Gasteiger partial charge in [0.25, 0.3) is 0 Å². The van der Waals surface area contributed by atoms with Gasteiger partial charge in [-0.3, -0.25) is 9.78 Å². The third-order valence-corrected chi connectivity index (χ3v) is 3.48. The summed E-state index contributed by atoms with van der Waals surface area (Å²) in [5.74, 6) is -1.68. The molecule has 0 aliphatic carbocycles. The van der Waals surface area contributed by atoms with Gasteiger partial charge in [0.1, 0.15) is 5.92 Å². The van der Waals surface area contributed by atoms with Gasteiger partial charge in [-0.2, -0.15) is 0 Å². The van der Waals surface area contributed by atoms with E-state index in [2.05, 4.69) is 20.9 Å². The smallest absolute Gasteiger partial charge is 0.312 e. The summed E-state index contributed by atoms with van der Waals surface area (Å²) in [6.45, 7) is 0. The first-order valence-electron chi connectivity index (χ1n) is 5.65. The Hall–Kier alpha value is -1.39. The van der Waals surface area contributed by atoms with E-state index in [9.17, 15) is 9.90 Å². The molecule has 0 saturated heterocycles. The largest absolute Gasteiger partial charge is 0.481 e. The topological polar surface area (TPSA) is 50.2 Å². The first kappa shape index (κ1) is 14.0. The number of nitrogens with zero attached hydrogens (tertiary/aromatic N) is 1. The Labute approximate surface area is 124 Å². The summed E-state index contributed by atoms with van der Waals surface area (Å²) < 4.78 is 0.727. The van der Waals surface area contributed by atoms with Crippen molar-refractivity contribution in [2.24, 2.45) is 0 Å². The number of aromatic nitrogens is 1. The molecule has 0 amide bonds. The molecule has 0 aliphatic heterocycles. The van der Waals surface area contributed by atoms with Gasteiger partial charge in [-0.25, -0.2) is 0 Å². The molecule has 0 bridgehead atoms. The van der Waals surface area contributed by atoms with Crippen LogP contribution in [-0.2, 0) is 11.2 Å². The summed E-state index contributed by atoms with van der Waals surface area (Å²) in [5.41, 5.74) is 1.33. The molecule has 0 saturated carbocycles. The quantitative estimate of drug-likeness (QED) is 0.918. The average molecular weight is 341 g/mol. The highest BCUT2D eigenvalue weighted by atomic mass is 79.9. The van der Waals surface area contributed by atoms with E-state index in [1.165, 1.54) is 0 Å². The highest BCUT2D eigenvalue weighted by Gasteiger charge is 2.24. The van der Waals surface area contributed by atoms with E-state index in [4.69, 9.17) is 11.6 Å². The number of carboxylic acid groups (broad SMARTS) is 1. The summed E-state index contributed by atoms with van der Waals surface area (Å²) >= 11 is 9.33. The first-order chi connectivity index (χ1) is 9.08. The Bertz CT molecular complexity index is 589. The molecule has 19 heavy (non-hydrogen) atoms. The minimum Gasteiger partial charge on any atom is -0.481 e. The van der Waals surface area contributed by atoms with Crippen LogP contribution in [0.2, 0.25) is 5.02 Å². The van der Waals surface area contributed by atoms with Crippen molar-refractivity contribution in [2.75, 3.05) is 0 Å². The Morgan fingerprint density at radius 2 is 2.05 bits per heavy atom. The normalized spacial score (nSPS) is 12.1. The van der Waals surface area contributed by atoms with Crippen molar-refractivity contribution in [1.82, 2.24) is 4.98 Å². The van der Waals surface area contributed by atoms with E-state index in [1.807, 2.05) is 30.3 Å². The van der Waals surface area contributed by atoms with Crippen molar-refractivity contribution in [3.8, 4) is 0 Å². The molecule has 0 fully saturated rings. The van der Waals surface area contributed by atoms with Crippen molar-refractivity contribution in [3.05, 3.63) is 63.3 Å². The molecule has 1 aromatic heterocycles. The highest BCUT2D eigenvalue weighted by Crippen LogP contribution is 2.28. The predicted molar refractivity (Wildman–Crippen MR) is 77.5 cm³/mol. The van der Waals surface area contributed by atoms with Crippen molar-refractivity contribution in [3.63, 3.8) is 0 Å². The van der Waals surface area contributed by atoms with Crippen LogP contribution in [0.1, 0.15) is 17.2 Å². The predicted octanol–water partition coefficient (Wildman–Crippen LogP) is 3.91. The van der Waals surface area contributed by atoms with Crippen LogP contribution in [0.3, 0.4) is 0 Å². The van der Waals surface area contributed by atoms with Gasteiger partial charge in [0, 0.05) is 10.7 Å². The summed E-state index contributed by atoms with van der Waals surface area (Å²) in [7, 11) is 0. The van der Waals surface area contributed by atoms with E-state index >= 15 is 0 Å². The lowest BCUT2D eigenvalue weighted by atomic mass is 9.96. The molecule has 98 valence electrons. The van der Waals surface area contributed by atoms with Crippen molar-refractivity contribution < 1.29 is 9.90 Å². The van der Waals surface area contributed by atoms with Gasteiger partial charge < -0.3 is 5.11 Å². The fourth-order valence-electron chi connectivity index (χ4n) is 1.83. The van der Waals surface area contributed by atoms with Gasteiger partial charge in [0.2, 0.25) is 0 Å². The van der Waals surface area contributed by atoms with Crippen LogP contribution in [0.4, 0.5) is 0 Å². The van der Waals surface area contributed by atoms with Crippen molar-refractivity contribution in [1.29, 1.82) is 0 Å². The molecule has 1 heterocycles. The van der Waals surface area contributed by atoms with Crippen molar-refractivity contribution >= 4 is 33.5 Å². The third-order valence-electron chi connectivity index (χ3n) is 2.75. The Balaban J connectivity index is 2.33. The van der Waals surface area contributed by atoms with E-state index in [1.54, 1.807) is 12.3 Å². The molecular weight excluding hydrogens is 330 g/mol. The monoisotopic (exact) mass is 339 g/mol. The van der Waals surface area contributed by atoms with Crippen LogP contribution in [0, 0.1) is 0 Å². The number of hydrogen-bond acceptors (Lipinski definition) is 2. The van der Waals surface area contributed by atoms with Gasteiger partial charge in [-0.1, -0.05) is 41.9 Å². The summed E-state index contributed by atoms with van der Waals surface area (Å²) in [6.07, 6.45) is 1.92. The number of benzene rings is 1. The zero-order valence-corrected chi connectivity index (χ0v) is 12.2. The lowest BCUT2D eigenvalue weighted by molar-refractivity contribution is -0.138. The average Bonchev–Trinajstić information content (AvgIpc) is 2.38. The maximum atomic E-state index is 11.4. The van der Waals surface area contributed by atoms with E-state index in [0.29, 0.717) is 17.1 Å². The van der Waals surface area contributed by atoms with Gasteiger partial charge in [0.15, 0.2) is 0 Å². The van der Waals surface area contributed by atoms with Crippen LogP contribution >= 0.6 is 27.5 Å². The molecule has 1 unspecified atom stereocenters. The van der Waals surface area contributed by atoms with Crippen LogP contribution in [0.15, 0.2) is 47.1 Å². The molecular formula is C14H11BrClNO2. The van der Waals surface area contributed by atoms with Crippen LogP contribution in [-0.4, -0.2) is 16.1 Å². The molecule has 1 N–H and O–H groups in total. The SMILES string of the molecule is O=C(O)C(Cc1ccccc1)c1ncc(Br)cc1Cl. The number of carbonyl (C=O) groups is 1. The second-order valence-electron chi connectivity index (χ2n) is 4.10. The molecule has 0 spiro atoms. The molecule has 5 heteroatoms. The highest BCUT2D eigenvalue weighted by molar-refractivity contribution is 9.10. The van der Waals surface area contributed by atoms with E-state index in [0.717, 1.165) is 10.0 Å². The minimum absolute atomic E-state index is 0.359. The zero-order chi connectivity index (χ0) is 13.8. The van der Waals surface area contributed by atoms with Gasteiger partial charge in [-0.05, 0) is 34.0 Å². The van der Waals surface area contributed by atoms with Crippen molar-refractivity contribution in [2.45, 2.75) is 12.3 Å². The third kappa shape index (κ3) is 3.55. The number of aliphatic carboxylic acids is 1. The number of rotatable bonds is 4. The molecule has 3 nitrogen and oxygen atoms in total. The number of hydrogen-bond donors (Lipinski definition) is 1. The molecule has 1 atom stereocenters. The van der Waals surface area contributed by atoms with E-state index in [-0.39, 0.29) is 0 Å². The number of halogens is 2. The first-order valence-corrected chi connectivity index (χ1v) is 6.82. The van der Waals surface area contributed by atoms with Crippen LogP contribution < -0.4 is 0 Å². The Kier molecular flexibility index (Phi) is 4.56. The molecule has 2 rings (SSSR count). The lowest BCUT2D eigenvalue weighted by Gasteiger charge is -2.13. The van der Waals surface area contributed by atoms with Gasteiger partial charge in [0.05, 0.1) is 10.7 Å². The maximum Gasteiger partial charge on any atom is 0.312 e. The van der Waals surface area contributed by atoms with Gasteiger partial charge >= 0.3 is 5.97 Å². The number of carboxylic acids is 1. The molecule has 2 aromatic rings. The van der Waals surface area contributed by atoms with E-state index < -0.39 is 11.9 Å². The second kappa shape index (κ2) is 6.17. The van der Waals surface area contributed by atoms with Crippen LogP contribution in [0.5, 0.6) is 0 Å². The summed E-state index contributed by atoms with van der Waals surface area (Å²) in [6, 6.07) is 11.1. The van der Waals surface area contributed by atoms with Gasteiger partial charge in [-0.15, -0.1) is 0 Å². The zero-order valence-electron chi connectivity index (χ0n) is 9.88. The lowest BCUT2D eigenvalue weighted by Crippen LogP contribution is -2.16. The molecule has 0 aliphatic rings. The Morgan fingerprint density at radius 3 is 2.63 bits per heavy atom. The molecule has 0 radical (unpaired) electrons. The number of pyridine rings is 1. The summed E-state index contributed by atoms with van der Waals surface area (Å²) in [5, 5.41) is 9.73.